The number of nitrogens with zero attached hydrogens (tertiary/aromatic N) is 2. The van der Waals surface area contributed by atoms with E-state index < -0.39 is 12.0 Å². The van der Waals surface area contributed by atoms with Gasteiger partial charge in [0, 0.05) is 10.7 Å². The van der Waals surface area contributed by atoms with Crippen molar-refractivity contribution in [1.82, 2.24) is 10.2 Å². The summed E-state index contributed by atoms with van der Waals surface area (Å²) >= 11 is 7.69. The molecule has 1 N–H and O–H groups in total. The van der Waals surface area contributed by atoms with Crippen molar-refractivity contribution < 1.29 is 18.7 Å². The highest BCUT2D eigenvalue weighted by molar-refractivity contribution is 8.16. The van der Waals surface area contributed by atoms with E-state index in [0.29, 0.717) is 33.8 Å². The molecule has 3 heterocycles. The van der Waals surface area contributed by atoms with Gasteiger partial charge in [-0.3, -0.25) is 4.79 Å². The maximum atomic E-state index is 12.9. The monoisotopic (exact) mass is 471 g/mol. The lowest BCUT2D eigenvalue weighted by atomic mass is 9.94. The van der Waals surface area contributed by atoms with Crippen molar-refractivity contribution in [3.05, 3.63) is 81.4 Å². The van der Waals surface area contributed by atoms with E-state index in [-0.39, 0.29) is 18.9 Å². The first-order chi connectivity index (χ1) is 15.5. The van der Waals surface area contributed by atoms with Gasteiger partial charge < -0.3 is 19.4 Å². The fraction of sp³-hybridized carbons (Fsp3) is 0.261. The van der Waals surface area contributed by atoms with E-state index in [4.69, 9.17) is 20.8 Å². The van der Waals surface area contributed by atoms with E-state index in [1.165, 1.54) is 11.8 Å². The number of carbonyl (C=O) groups is 2. The summed E-state index contributed by atoms with van der Waals surface area (Å²) in [5.41, 5.74) is 2.58. The van der Waals surface area contributed by atoms with E-state index >= 15 is 0 Å². The average molecular weight is 472 g/mol. The molecule has 1 unspecified atom stereocenters. The summed E-state index contributed by atoms with van der Waals surface area (Å²) in [5, 5.41) is 6.01. The Morgan fingerprint density at radius 2 is 2.16 bits per heavy atom. The number of amides is 1. The third kappa shape index (κ3) is 4.61. The maximum Gasteiger partial charge on any atom is 0.338 e. The zero-order chi connectivity index (χ0) is 22.7. The van der Waals surface area contributed by atoms with Crippen molar-refractivity contribution in [2.45, 2.75) is 32.9 Å². The predicted octanol–water partition coefficient (Wildman–Crippen LogP) is 4.78. The molecular formula is C23H22ClN3O4S. The number of hydrogen-bond donors (Lipinski definition) is 1. The van der Waals surface area contributed by atoms with Crippen molar-refractivity contribution in [2.75, 3.05) is 6.61 Å². The minimum absolute atomic E-state index is 0.124. The number of halogens is 1. The highest BCUT2D eigenvalue weighted by Crippen LogP contribution is 2.45. The average Bonchev–Trinajstić information content (AvgIpc) is 3.41. The van der Waals surface area contributed by atoms with Gasteiger partial charge in [-0.05, 0) is 49.1 Å². The number of ether oxygens (including phenoxy) is 1. The van der Waals surface area contributed by atoms with Crippen LogP contribution < -0.4 is 5.32 Å². The van der Waals surface area contributed by atoms with Crippen molar-refractivity contribution in [1.29, 1.82) is 0 Å². The van der Waals surface area contributed by atoms with Gasteiger partial charge in [-0.25, -0.2) is 9.79 Å². The Hall–Kier alpha value is -2.97. The summed E-state index contributed by atoms with van der Waals surface area (Å²) in [6.07, 6.45) is 1.69. The third-order valence-corrected chi connectivity index (χ3v) is 6.17. The molecule has 1 aromatic carbocycles. The van der Waals surface area contributed by atoms with Crippen molar-refractivity contribution in [3.63, 3.8) is 0 Å². The molecule has 1 aromatic heterocycles. The van der Waals surface area contributed by atoms with Crippen LogP contribution in [0, 0.1) is 0 Å². The number of allylic oxidation sites excluding steroid dienone is 1. The quantitative estimate of drug-likeness (QED) is 0.585. The second kappa shape index (κ2) is 9.67. The number of carbonyl (C=O) groups excluding carboxylic acids is 2. The van der Waals surface area contributed by atoms with Gasteiger partial charge in [0.25, 0.3) is 0 Å². The Kier molecular flexibility index (Phi) is 6.72. The lowest BCUT2D eigenvalue weighted by Crippen LogP contribution is -2.38. The molecule has 4 rings (SSSR count). The van der Waals surface area contributed by atoms with Crippen LogP contribution in [0.4, 0.5) is 0 Å². The predicted molar refractivity (Wildman–Crippen MR) is 124 cm³/mol. The van der Waals surface area contributed by atoms with Crippen LogP contribution >= 0.6 is 23.4 Å². The van der Waals surface area contributed by atoms with Crippen molar-refractivity contribution in [2.24, 2.45) is 4.99 Å². The summed E-state index contributed by atoms with van der Waals surface area (Å²) in [5.74, 6) is 0.0768. The number of fused-ring (bicyclic) bond motifs is 1. The molecule has 0 fully saturated rings. The number of furan rings is 1. The minimum atomic E-state index is -0.501. The van der Waals surface area contributed by atoms with Crippen LogP contribution in [-0.4, -0.2) is 28.6 Å². The van der Waals surface area contributed by atoms with Crippen LogP contribution in [-0.2, 0) is 20.9 Å². The molecule has 2 aliphatic rings. The molecule has 7 nitrogen and oxygen atoms in total. The Morgan fingerprint density at radius 1 is 1.31 bits per heavy atom. The van der Waals surface area contributed by atoms with Crippen LogP contribution in [0.2, 0.25) is 5.02 Å². The number of thioether (sulfide) groups is 1. The fourth-order valence-electron chi connectivity index (χ4n) is 3.66. The molecule has 0 radical (unpaired) electrons. The highest BCUT2D eigenvalue weighted by atomic mass is 35.5. The second-order valence-electron chi connectivity index (χ2n) is 7.20. The Morgan fingerprint density at radius 3 is 2.88 bits per heavy atom. The van der Waals surface area contributed by atoms with Crippen LogP contribution in [0.5, 0.6) is 0 Å². The summed E-state index contributed by atoms with van der Waals surface area (Å²) < 4.78 is 10.6. The molecule has 9 heteroatoms. The number of benzene rings is 1. The molecule has 2 aromatic rings. The minimum Gasteiger partial charge on any atom is -0.467 e. The molecule has 0 saturated heterocycles. The van der Waals surface area contributed by atoms with Gasteiger partial charge in [-0.1, -0.05) is 35.5 Å². The SMILES string of the molecule is CCOC(=O)C1=C(C)N=C2SC=C(CC(=O)NCc3ccco3)N2C1c1cccc(Cl)c1. The maximum absolute atomic E-state index is 12.9. The number of amidine groups is 1. The van der Waals surface area contributed by atoms with Crippen LogP contribution in [0.15, 0.2) is 74.4 Å². The standard InChI is InChI=1S/C23H22ClN3O4S/c1-3-30-22(29)20-14(2)26-23-27(21(20)15-6-4-7-16(24)10-15)17(13-32-23)11-19(28)25-12-18-8-5-9-31-18/h4-10,13,21H,3,11-12H2,1-2H3,(H,25,28). The first-order valence-corrected chi connectivity index (χ1v) is 11.4. The van der Waals surface area contributed by atoms with E-state index in [2.05, 4.69) is 10.3 Å². The molecule has 166 valence electrons. The van der Waals surface area contributed by atoms with Crippen LogP contribution in [0.25, 0.3) is 0 Å². The first-order valence-electron chi connectivity index (χ1n) is 10.1. The van der Waals surface area contributed by atoms with Gasteiger partial charge in [0.2, 0.25) is 5.91 Å². The van der Waals surface area contributed by atoms with E-state index in [9.17, 15) is 9.59 Å². The van der Waals surface area contributed by atoms with Gasteiger partial charge in [0.1, 0.15) is 5.76 Å². The lowest BCUT2D eigenvalue weighted by molar-refractivity contribution is -0.139. The number of hydrogen-bond acceptors (Lipinski definition) is 7. The van der Waals surface area contributed by atoms with E-state index in [1.54, 1.807) is 38.3 Å². The Balaban J connectivity index is 1.63. The van der Waals surface area contributed by atoms with E-state index in [0.717, 1.165) is 11.3 Å². The smallest absolute Gasteiger partial charge is 0.338 e. The molecule has 0 bridgehead atoms. The number of aliphatic imine (C=N–C) groups is 1. The Labute approximate surface area is 195 Å². The zero-order valence-electron chi connectivity index (χ0n) is 17.6. The van der Waals surface area contributed by atoms with Gasteiger partial charge >= 0.3 is 5.97 Å². The van der Waals surface area contributed by atoms with Gasteiger partial charge in [0.15, 0.2) is 5.17 Å². The molecule has 32 heavy (non-hydrogen) atoms. The second-order valence-corrected chi connectivity index (χ2v) is 8.47. The van der Waals surface area contributed by atoms with Crippen molar-refractivity contribution >= 4 is 40.4 Å². The third-order valence-electron chi connectivity index (χ3n) is 5.04. The van der Waals surface area contributed by atoms with Gasteiger partial charge in [-0.2, -0.15) is 0 Å². The number of nitrogens with one attached hydrogen (secondary N) is 1. The molecule has 0 saturated carbocycles. The zero-order valence-corrected chi connectivity index (χ0v) is 19.2. The summed E-state index contributed by atoms with van der Waals surface area (Å²) in [4.78, 5) is 32.1. The summed E-state index contributed by atoms with van der Waals surface area (Å²) in [6.45, 7) is 4.11. The molecule has 1 amide bonds. The molecule has 0 spiro atoms. The molecule has 1 atom stereocenters. The number of esters is 1. The van der Waals surface area contributed by atoms with Crippen molar-refractivity contribution in [3.8, 4) is 0 Å². The van der Waals surface area contributed by atoms with E-state index in [1.807, 2.05) is 28.5 Å². The molecule has 2 aliphatic heterocycles. The van der Waals surface area contributed by atoms with Gasteiger partial charge in [-0.15, -0.1) is 0 Å². The van der Waals surface area contributed by atoms with Crippen LogP contribution in [0.1, 0.15) is 37.6 Å². The number of rotatable bonds is 7. The lowest BCUT2D eigenvalue weighted by Gasteiger charge is -2.36. The fourth-order valence-corrected chi connectivity index (χ4v) is 4.82. The normalized spacial score (nSPS) is 17.6. The summed E-state index contributed by atoms with van der Waals surface area (Å²) in [7, 11) is 0. The van der Waals surface area contributed by atoms with Crippen LogP contribution in [0.3, 0.4) is 0 Å². The largest absolute Gasteiger partial charge is 0.467 e. The van der Waals surface area contributed by atoms with Gasteiger partial charge in [0.05, 0.1) is 43.1 Å². The topological polar surface area (TPSA) is 84.1 Å². The Bertz CT molecular complexity index is 1120. The molecular weight excluding hydrogens is 450 g/mol. The highest BCUT2D eigenvalue weighted by Gasteiger charge is 2.41. The molecule has 0 aliphatic carbocycles. The first kappa shape index (κ1) is 22.2. The summed E-state index contributed by atoms with van der Waals surface area (Å²) in [6, 6.07) is 10.4.